The number of hydrogen-bond acceptors (Lipinski definition) is 2. The Hall–Kier alpha value is -2.03. The highest BCUT2D eigenvalue weighted by Crippen LogP contribution is 2.49. The molecule has 1 saturated heterocycles. The molecule has 0 bridgehead atoms. The van der Waals surface area contributed by atoms with Gasteiger partial charge in [0.1, 0.15) is 11.9 Å². The average molecular weight is 422 g/mol. The summed E-state index contributed by atoms with van der Waals surface area (Å²) in [7, 11) is 0. The molecular weight excluding hydrogens is 402 g/mol. The number of halogens is 5. The first-order valence-corrected chi connectivity index (χ1v) is 9.32. The summed E-state index contributed by atoms with van der Waals surface area (Å²) in [6.07, 6.45) is -4.57. The minimum Gasteiger partial charge on any atom is -0.353 e. The van der Waals surface area contributed by atoms with Gasteiger partial charge in [-0.15, -0.1) is 0 Å². The summed E-state index contributed by atoms with van der Waals surface area (Å²) < 4.78 is 52.2. The predicted octanol–water partition coefficient (Wildman–Crippen LogP) is 3.64. The molecule has 154 valence electrons. The number of alkyl halides is 3. The van der Waals surface area contributed by atoms with Crippen LogP contribution >= 0.6 is 11.6 Å². The first-order valence-electron chi connectivity index (χ1n) is 8.94. The molecule has 3 amide bonds. The molecule has 1 aliphatic carbocycles. The zero-order valence-electron chi connectivity index (χ0n) is 15.0. The van der Waals surface area contributed by atoms with Crippen LogP contribution in [0.25, 0.3) is 0 Å². The maximum Gasteiger partial charge on any atom is 0.391 e. The Morgan fingerprint density at radius 1 is 1.36 bits per heavy atom. The van der Waals surface area contributed by atoms with Crippen molar-refractivity contribution in [1.82, 2.24) is 15.5 Å². The van der Waals surface area contributed by atoms with E-state index in [-0.39, 0.29) is 30.3 Å². The molecule has 2 aliphatic rings. The van der Waals surface area contributed by atoms with Gasteiger partial charge in [-0.2, -0.15) is 13.2 Å². The Bertz CT molecular complexity index is 768. The van der Waals surface area contributed by atoms with E-state index in [0.29, 0.717) is 12.1 Å². The highest BCUT2D eigenvalue weighted by Gasteiger charge is 2.50. The topological polar surface area (TPSA) is 61.4 Å². The number of nitrogens with one attached hydrogen (secondary N) is 2. The van der Waals surface area contributed by atoms with Gasteiger partial charge in [0.05, 0.1) is 17.0 Å². The van der Waals surface area contributed by atoms with Crippen molar-refractivity contribution in [3.8, 4) is 0 Å². The SMILES string of the molecule is C[C@@H]1C(=O)NCCN1C(=O)N[C@@H](c1ccc(F)c(Cl)c1)C1CC(C(F)(F)F)C1. The molecule has 3 rings (SSSR count). The number of benzene rings is 1. The average Bonchev–Trinajstić information content (AvgIpc) is 2.56. The molecule has 0 unspecified atom stereocenters. The van der Waals surface area contributed by atoms with Crippen molar-refractivity contribution in [1.29, 1.82) is 0 Å². The zero-order chi connectivity index (χ0) is 20.6. The Balaban J connectivity index is 1.79. The Morgan fingerprint density at radius 3 is 2.64 bits per heavy atom. The van der Waals surface area contributed by atoms with Crippen LogP contribution in [0.2, 0.25) is 5.02 Å². The molecule has 1 saturated carbocycles. The van der Waals surface area contributed by atoms with Gasteiger partial charge in [-0.25, -0.2) is 9.18 Å². The minimum absolute atomic E-state index is 0.139. The molecule has 0 radical (unpaired) electrons. The number of urea groups is 1. The second-order valence-corrected chi connectivity index (χ2v) is 7.64. The molecule has 0 aromatic heterocycles. The summed E-state index contributed by atoms with van der Waals surface area (Å²) in [4.78, 5) is 25.8. The summed E-state index contributed by atoms with van der Waals surface area (Å²) in [5.41, 5.74) is 0.430. The van der Waals surface area contributed by atoms with Gasteiger partial charge in [-0.3, -0.25) is 4.79 Å². The van der Waals surface area contributed by atoms with Crippen molar-refractivity contribution < 1.29 is 27.2 Å². The molecule has 28 heavy (non-hydrogen) atoms. The summed E-state index contributed by atoms with van der Waals surface area (Å²) >= 11 is 5.82. The van der Waals surface area contributed by atoms with Crippen molar-refractivity contribution in [2.75, 3.05) is 13.1 Å². The smallest absolute Gasteiger partial charge is 0.353 e. The van der Waals surface area contributed by atoms with Crippen LogP contribution in [0.4, 0.5) is 22.4 Å². The van der Waals surface area contributed by atoms with Gasteiger partial charge in [0.2, 0.25) is 5.91 Å². The second-order valence-electron chi connectivity index (χ2n) is 7.23. The fourth-order valence-electron chi connectivity index (χ4n) is 3.66. The number of amides is 3. The van der Waals surface area contributed by atoms with Gasteiger partial charge in [-0.1, -0.05) is 17.7 Å². The molecule has 1 aromatic rings. The van der Waals surface area contributed by atoms with E-state index < -0.39 is 41.9 Å². The molecule has 2 fully saturated rings. The quantitative estimate of drug-likeness (QED) is 0.732. The molecular formula is C18H20ClF4N3O2. The van der Waals surface area contributed by atoms with Gasteiger partial charge in [-0.05, 0) is 43.4 Å². The number of piperazine rings is 1. The molecule has 10 heteroatoms. The summed E-state index contributed by atoms with van der Waals surface area (Å²) in [6, 6.07) is 1.82. The third kappa shape index (κ3) is 4.19. The Labute approximate surface area is 164 Å². The molecule has 1 aromatic carbocycles. The van der Waals surface area contributed by atoms with E-state index in [1.807, 2.05) is 0 Å². The fourth-order valence-corrected chi connectivity index (χ4v) is 3.85. The van der Waals surface area contributed by atoms with Crippen LogP contribution in [0.5, 0.6) is 0 Å². The third-order valence-electron chi connectivity index (χ3n) is 5.45. The van der Waals surface area contributed by atoms with Gasteiger partial charge in [0.25, 0.3) is 0 Å². The maximum atomic E-state index is 13.5. The molecule has 2 N–H and O–H groups in total. The third-order valence-corrected chi connectivity index (χ3v) is 5.74. The van der Waals surface area contributed by atoms with Crippen LogP contribution in [0.1, 0.15) is 31.4 Å². The van der Waals surface area contributed by atoms with Gasteiger partial charge in [0, 0.05) is 13.1 Å². The summed E-state index contributed by atoms with van der Waals surface area (Å²) in [5.74, 6) is -2.85. The van der Waals surface area contributed by atoms with Crippen LogP contribution in [-0.2, 0) is 4.79 Å². The maximum absolute atomic E-state index is 13.5. The van der Waals surface area contributed by atoms with E-state index in [1.165, 1.54) is 17.0 Å². The lowest BCUT2D eigenvalue weighted by molar-refractivity contribution is -0.206. The number of hydrogen-bond donors (Lipinski definition) is 2. The Morgan fingerprint density at radius 2 is 2.04 bits per heavy atom. The van der Waals surface area contributed by atoms with Gasteiger partial charge >= 0.3 is 12.2 Å². The number of nitrogens with zero attached hydrogens (tertiary/aromatic N) is 1. The summed E-state index contributed by atoms with van der Waals surface area (Å²) in [5, 5.41) is 5.20. The van der Waals surface area contributed by atoms with Crippen molar-refractivity contribution in [3.05, 3.63) is 34.6 Å². The monoisotopic (exact) mass is 421 g/mol. The number of carbonyl (C=O) groups is 2. The van der Waals surface area contributed by atoms with E-state index in [4.69, 9.17) is 11.6 Å². The fraction of sp³-hybridized carbons (Fsp3) is 0.556. The van der Waals surface area contributed by atoms with Crippen LogP contribution in [0, 0.1) is 17.7 Å². The van der Waals surface area contributed by atoms with Crippen molar-refractivity contribution in [3.63, 3.8) is 0 Å². The zero-order valence-corrected chi connectivity index (χ0v) is 15.8. The van der Waals surface area contributed by atoms with Crippen LogP contribution in [0.15, 0.2) is 18.2 Å². The first-order chi connectivity index (χ1) is 13.1. The van der Waals surface area contributed by atoms with E-state index in [0.717, 1.165) is 6.07 Å². The van der Waals surface area contributed by atoms with Crippen molar-refractivity contribution in [2.24, 2.45) is 11.8 Å². The first kappa shape index (κ1) is 20.7. The lowest BCUT2D eigenvalue weighted by Gasteiger charge is -2.43. The minimum atomic E-state index is -4.29. The highest BCUT2D eigenvalue weighted by molar-refractivity contribution is 6.30. The van der Waals surface area contributed by atoms with E-state index >= 15 is 0 Å². The Kier molecular flexibility index (Phi) is 5.74. The highest BCUT2D eigenvalue weighted by atomic mass is 35.5. The summed E-state index contributed by atoms with van der Waals surface area (Å²) in [6.45, 7) is 2.15. The van der Waals surface area contributed by atoms with Crippen LogP contribution < -0.4 is 10.6 Å². The van der Waals surface area contributed by atoms with Gasteiger partial charge < -0.3 is 15.5 Å². The molecule has 0 spiro atoms. The van der Waals surface area contributed by atoms with Crippen LogP contribution in [0.3, 0.4) is 0 Å². The van der Waals surface area contributed by atoms with E-state index in [2.05, 4.69) is 10.6 Å². The number of rotatable bonds is 3. The lowest BCUT2D eigenvalue weighted by Crippen LogP contribution is -2.59. The normalized spacial score (nSPS) is 26.3. The van der Waals surface area contributed by atoms with Crippen molar-refractivity contribution >= 4 is 23.5 Å². The standard InChI is InChI=1S/C18H20ClF4N3O2/c1-9-16(27)24-4-5-26(9)17(28)25-15(10-2-3-14(20)13(19)8-10)11-6-12(7-11)18(21,22)23/h2-3,8-9,11-12,15H,4-7H2,1H3,(H,24,27)(H,25,28)/t9-,11?,12?,15+/m1/s1. The van der Waals surface area contributed by atoms with E-state index in [9.17, 15) is 27.2 Å². The van der Waals surface area contributed by atoms with Gasteiger partial charge in [0.15, 0.2) is 0 Å². The van der Waals surface area contributed by atoms with E-state index in [1.54, 1.807) is 6.92 Å². The van der Waals surface area contributed by atoms with Crippen molar-refractivity contribution in [2.45, 2.75) is 38.0 Å². The molecule has 5 nitrogen and oxygen atoms in total. The number of carbonyl (C=O) groups excluding carboxylic acids is 2. The van der Waals surface area contributed by atoms with Crippen LogP contribution in [-0.4, -0.2) is 42.1 Å². The lowest BCUT2D eigenvalue weighted by atomic mass is 9.69. The predicted molar refractivity (Wildman–Crippen MR) is 94.1 cm³/mol. The molecule has 2 atom stereocenters. The largest absolute Gasteiger partial charge is 0.391 e. The molecule has 1 aliphatic heterocycles. The molecule has 1 heterocycles. The second kappa shape index (κ2) is 7.77.